The quantitative estimate of drug-likeness (QED) is 0.819. The Bertz CT molecular complexity index is 801. The molecule has 3 rings (SSSR count). The van der Waals surface area contributed by atoms with Crippen LogP contribution in [0.1, 0.15) is 20.7 Å². The zero-order valence-corrected chi connectivity index (χ0v) is 14.5. The highest BCUT2D eigenvalue weighted by molar-refractivity contribution is 6.00. The minimum absolute atomic E-state index is 0.0490. The van der Waals surface area contributed by atoms with E-state index in [4.69, 9.17) is 10.8 Å². The van der Waals surface area contributed by atoms with Crippen LogP contribution in [0.25, 0.3) is 11.3 Å². The van der Waals surface area contributed by atoms with Crippen molar-refractivity contribution in [3.8, 4) is 11.3 Å². The number of nitrogens with zero attached hydrogens (tertiary/aromatic N) is 3. The molecule has 0 aliphatic carbocycles. The number of carbonyl (C=O) groups excluding carboxylic acids is 2. The van der Waals surface area contributed by atoms with E-state index in [2.05, 4.69) is 9.88 Å². The fraction of sp³-hybridized carbons (Fsp3) is 0.316. The number of pyridine rings is 1. The van der Waals surface area contributed by atoms with E-state index in [1.54, 1.807) is 41.4 Å². The summed E-state index contributed by atoms with van der Waals surface area (Å²) in [5, 5.41) is 9.01. The van der Waals surface area contributed by atoms with Gasteiger partial charge in [-0.15, -0.1) is 0 Å². The van der Waals surface area contributed by atoms with Crippen LogP contribution in [-0.2, 0) is 0 Å². The molecule has 0 saturated carbocycles. The second-order valence-corrected chi connectivity index (χ2v) is 6.20. The van der Waals surface area contributed by atoms with Crippen LogP contribution in [0.3, 0.4) is 0 Å². The maximum Gasteiger partial charge on any atom is 0.253 e. The summed E-state index contributed by atoms with van der Waals surface area (Å²) in [6.07, 6.45) is 1.59. The van der Waals surface area contributed by atoms with Gasteiger partial charge in [0.2, 0.25) is 0 Å². The van der Waals surface area contributed by atoms with E-state index < -0.39 is 5.91 Å². The number of hydrogen-bond acceptors (Lipinski definition) is 5. The maximum absolute atomic E-state index is 12.8. The fourth-order valence-electron chi connectivity index (χ4n) is 3.13. The van der Waals surface area contributed by atoms with Gasteiger partial charge < -0.3 is 15.7 Å². The SMILES string of the molecule is NC(=O)c1cccnc1-c1cccc(C(=O)N2CCN(CCO)CC2)c1. The predicted molar refractivity (Wildman–Crippen MR) is 97.6 cm³/mol. The van der Waals surface area contributed by atoms with Crippen LogP contribution in [0.5, 0.6) is 0 Å². The molecule has 0 radical (unpaired) electrons. The van der Waals surface area contributed by atoms with Crippen molar-refractivity contribution in [2.24, 2.45) is 5.73 Å². The van der Waals surface area contributed by atoms with E-state index in [1.165, 1.54) is 0 Å². The lowest BCUT2D eigenvalue weighted by Gasteiger charge is -2.34. The lowest BCUT2D eigenvalue weighted by molar-refractivity contribution is 0.0615. The number of rotatable bonds is 5. The number of piperazine rings is 1. The molecule has 1 fully saturated rings. The Balaban J connectivity index is 1.80. The Morgan fingerprint density at radius 2 is 1.88 bits per heavy atom. The van der Waals surface area contributed by atoms with Gasteiger partial charge in [0, 0.05) is 50.0 Å². The molecular formula is C19H22N4O3. The molecule has 7 nitrogen and oxygen atoms in total. The molecule has 2 amide bonds. The highest BCUT2D eigenvalue weighted by Gasteiger charge is 2.22. The molecule has 26 heavy (non-hydrogen) atoms. The molecule has 0 atom stereocenters. The summed E-state index contributed by atoms with van der Waals surface area (Å²) in [4.78, 5) is 32.6. The molecule has 1 aliphatic rings. The molecule has 1 saturated heterocycles. The number of aliphatic hydroxyl groups excluding tert-OH is 1. The standard InChI is InChI=1S/C19H22N4O3/c20-18(25)16-5-2-6-21-17(16)14-3-1-4-15(13-14)19(26)23-9-7-22(8-10-23)11-12-24/h1-6,13,24H,7-12H2,(H2,20,25). The summed E-state index contributed by atoms with van der Waals surface area (Å²) in [6.45, 7) is 3.50. The first-order chi connectivity index (χ1) is 12.6. The van der Waals surface area contributed by atoms with E-state index >= 15 is 0 Å². The Kier molecular flexibility index (Phi) is 5.60. The van der Waals surface area contributed by atoms with Gasteiger partial charge in [-0.25, -0.2) is 0 Å². The Labute approximate surface area is 152 Å². The highest BCUT2D eigenvalue weighted by Crippen LogP contribution is 2.23. The number of hydrogen-bond donors (Lipinski definition) is 2. The van der Waals surface area contributed by atoms with Gasteiger partial charge in [0.1, 0.15) is 0 Å². The number of aliphatic hydroxyl groups is 1. The highest BCUT2D eigenvalue weighted by atomic mass is 16.3. The van der Waals surface area contributed by atoms with E-state index in [1.807, 2.05) is 6.07 Å². The Hall–Kier alpha value is -2.77. The minimum Gasteiger partial charge on any atom is -0.395 e. The fourth-order valence-corrected chi connectivity index (χ4v) is 3.13. The molecule has 0 spiro atoms. The third kappa shape index (κ3) is 3.89. The van der Waals surface area contributed by atoms with Gasteiger partial charge in [-0.3, -0.25) is 19.5 Å². The summed E-state index contributed by atoms with van der Waals surface area (Å²) < 4.78 is 0. The average Bonchev–Trinajstić information content (AvgIpc) is 2.68. The van der Waals surface area contributed by atoms with Gasteiger partial charge in [0.15, 0.2) is 0 Å². The third-order valence-corrected chi connectivity index (χ3v) is 4.53. The van der Waals surface area contributed by atoms with Crippen molar-refractivity contribution in [2.45, 2.75) is 0 Å². The lowest BCUT2D eigenvalue weighted by Crippen LogP contribution is -2.49. The summed E-state index contributed by atoms with van der Waals surface area (Å²) in [5.41, 5.74) is 7.47. The monoisotopic (exact) mass is 354 g/mol. The number of amides is 2. The first kappa shape index (κ1) is 18.0. The molecule has 1 aromatic carbocycles. The molecule has 1 aliphatic heterocycles. The smallest absolute Gasteiger partial charge is 0.253 e. The molecule has 7 heteroatoms. The van der Waals surface area contributed by atoms with Gasteiger partial charge >= 0.3 is 0 Å². The molecule has 2 aromatic rings. The number of carbonyl (C=O) groups is 2. The topological polar surface area (TPSA) is 99.8 Å². The van der Waals surface area contributed by atoms with Crippen LogP contribution >= 0.6 is 0 Å². The van der Waals surface area contributed by atoms with E-state index in [-0.39, 0.29) is 12.5 Å². The number of nitrogens with two attached hydrogens (primary N) is 1. The van der Waals surface area contributed by atoms with Gasteiger partial charge in [-0.1, -0.05) is 12.1 Å². The molecule has 136 valence electrons. The van der Waals surface area contributed by atoms with Crippen molar-refractivity contribution in [2.75, 3.05) is 39.3 Å². The predicted octanol–water partition coefficient (Wildman–Crippen LogP) is 0.598. The first-order valence-electron chi connectivity index (χ1n) is 8.58. The van der Waals surface area contributed by atoms with Crippen molar-refractivity contribution in [3.63, 3.8) is 0 Å². The second kappa shape index (κ2) is 8.07. The van der Waals surface area contributed by atoms with Crippen LogP contribution in [0, 0.1) is 0 Å². The summed E-state index contributed by atoms with van der Waals surface area (Å²) in [7, 11) is 0. The van der Waals surface area contributed by atoms with Crippen molar-refractivity contribution < 1.29 is 14.7 Å². The van der Waals surface area contributed by atoms with Gasteiger partial charge in [-0.05, 0) is 24.3 Å². The van der Waals surface area contributed by atoms with E-state index in [0.717, 1.165) is 13.1 Å². The second-order valence-electron chi connectivity index (χ2n) is 6.20. The van der Waals surface area contributed by atoms with Gasteiger partial charge in [0.05, 0.1) is 17.9 Å². The van der Waals surface area contributed by atoms with Crippen LogP contribution in [0.2, 0.25) is 0 Å². The summed E-state index contributed by atoms with van der Waals surface area (Å²) in [5.74, 6) is -0.600. The molecule has 0 unspecified atom stereocenters. The third-order valence-electron chi connectivity index (χ3n) is 4.53. The Morgan fingerprint density at radius 3 is 2.58 bits per heavy atom. The van der Waals surface area contributed by atoms with Crippen LogP contribution in [-0.4, -0.2) is 71.0 Å². The van der Waals surface area contributed by atoms with Crippen LogP contribution in [0.15, 0.2) is 42.6 Å². The van der Waals surface area contributed by atoms with Crippen LogP contribution < -0.4 is 5.73 Å². The molecule has 0 bridgehead atoms. The lowest BCUT2D eigenvalue weighted by atomic mass is 10.0. The summed E-state index contributed by atoms with van der Waals surface area (Å²) >= 11 is 0. The Morgan fingerprint density at radius 1 is 1.12 bits per heavy atom. The number of aromatic nitrogens is 1. The molecular weight excluding hydrogens is 332 g/mol. The largest absolute Gasteiger partial charge is 0.395 e. The number of benzene rings is 1. The van der Waals surface area contributed by atoms with Crippen molar-refractivity contribution in [3.05, 3.63) is 53.7 Å². The summed E-state index contributed by atoms with van der Waals surface area (Å²) in [6, 6.07) is 10.4. The molecule has 3 N–H and O–H groups in total. The normalized spacial score (nSPS) is 15.0. The van der Waals surface area contributed by atoms with Crippen molar-refractivity contribution in [1.82, 2.24) is 14.8 Å². The van der Waals surface area contributed by atoms with Crippen molar-refractivity contribution in [1.29, 1.82) is 0 Å². The number of primary amides is 1. The van der Waals surface area contributed by atoms with Crippen molar-refractivity contribution >= 4 is 11.8 Å². The zero-order chi connectivity index (χ0) is 18.5. The van der Waals surface area contributed by atoms with Crippen LogP contribution in [0.4, 0.5) is 0 Å². The van der Waals surface area contributed by atoms with Gasteiger partial charge in [-0.2, -0.15) is 0 Å². The molecule has 2 heterocycles. The average molecular weight is 354 g/mol. The van der Waals surface area contributed by atoms with E-state index in [9.17, 15) is 9.59 Å². The maximum atomic E-state index is 12.8. The van der Waals surface area contributed by atoms with E-state index in [0.29, 0.717) is 42.0 Å². The minimum atomic E-state index is -0.551. The van der Waals surface area contributed by atoms with Gasteiger partial charge in [0.25, 0.3) is 11.8 Å². The number of β-amino-alcohol motifs (C(OH)–C–C–N with tert-alkyl or cyclic N) is 1. The molecule has 1 aromatic heterocycles. The first-order valence-corrected chi connectivity index (χ1v) is 8.58. The zero-order valence-electron chi connectivity index (χ0n) is 14.5.